The number of likely N-dealkylation sites (N-methyl/N-ethyl adjacent to an activating group) is 1. The number of hydrogen-bond donors (Lipinski definition) is 1. The van der Waals surface area contributed by atoms with Gasteiger partial charge < -0.3 is 19.5 Å². The van der Waals surface area contributed by atoms with E-state index in [9.17, 15) is 9.90 Å². The Morgan fingerprint density at radius 1 is 1.62 bits per heavy atom. The highest BCUT2D eigenvalue weighted by molar-refractivity contribution is 5.75. The van der Waals surface area contributed by atoms with Crippen molar-refractivity contribution in [2.45, 2.75) is 12.8 Å². The Hall–Kier alpha value is -0.650. The first-order valence-electron chi connectivity index (χ1n) is 5.59. The molecule has 0 aromatic carbocycles. The van der Waals surface area contributed by atoms with Gasteiger partial charge in [0.25, 0.3) is 0 Å². The Kier molecular flexibility index (Phi) is 5.18. The van der Waals surface area contributed by atoms with Crippen LogP contribution in [0.3, 0.4) is 0 Å². The third-order valence-electron chi connectivity index (χ3n) is 3.03. The van der Waals surface area contributed by atoms with Crippen LogP contribution >= 0.6 is 0 Å². The molecule has 94 valence electrons. The number of ether oxygens (including phenoxy) is 2. The molecule has 1 aliphatic heterocycles. The second-order valence-corrected chi connectivity index (χ2v) is 4.47. The van der Waals surface area contributed by atoms with Crippen molar-refractivity contribution < 1.29 is 19.4 Å². The van der Waals surface area contributed by atoms with Crippen LogP contribution < -0.4 is 0 Å². The van der Waals surface area contributed by atoms with Crippen molar-refractivity contribution in [1.29, 1.82) is 0 Å². The molecule has 5 nitrogen and oxygen atoms in total. The molecule has 1 heterocycles. The van der Waals surface area contributed by atoms with Gasteiger partial charge in [0.2, 0.25) is 0 Å². The van der Waals surface area contributed by atoms with Crippen molar-refractivity contribution in [2.75, 3.05) is 47.1 Å². The molecule has 0 saturated carbocycles. The van der Waals surface area contributed by atoms with E-state index in [1.165, 1.54) is 0 Å². The lowest BCUT2D eigenvalue weighted by Crippen LogP contribution is -2.48. The molecule has 0 bridgehead atoms. The maximum absolute atomic E-state index is 11.3. The largest absolute Gasteiger partial charge is 0.481 e. The van der Waals surface area contributed by atoms with Crippen molar-refractivity contribution >= 4 is 5.97 Å². The van der Waals surface area contributed by atoms with E-state index >= 15 is 0 Å². The lowest BCUT2D eigenvalue weighted by atomic mass is 9.82. The van der Waals surface area contributed by atoms with E-state index in [-0.39, 0.29) is 0 Å². The van der Waals surface area contributed by atoms with E-state index in [0.29, 0.717) is 32.8 Å². The molecule has 1 saturated heterocycles. The van der Waals surface area contributed by atoms with Gasteiger partial charge in [-0.3, -0.25) is 4.79 Å². The average molecular weight is 231 g/mol. The average Bonchev–Trinajstić information content (AvgIpc) is 2.27. The molecule has 1 N–H and O–H groups in total. The molecule has 5 heteroatoms. The van der Waals surface area contributed by atoms with Gasteiger partial charge in [-0.05, 0) is 19.9 Å². The van der Waals surface area contributed by atoms with Gasteiger partial charge in [0.05, 0.1) is 13.2 Å². The zero-order valence-corrected chi connectivity index (χ0v) is 10.1. The summed E-state index contributed by atoms with van der Waals surface area (Å²) >= 11 is 0. The lowest BCUT2D eigenvalue weighted by molar-refractivity contribution is -0.159. The predicted octanol–water partition coefficient (Wildman–Crippen LogP) is 0.446. The van der Waals surface area contributed by atoms with Gasteiger partial charge >= 0.3 is 5.97 Å². The lowest BCUT2D eigenvalue weighted by Gasteiger charge is -2.36. The number of methoxy groups -OCH3 is 1. The van der Waals surface area contributed by atoms with Crippen LogP contribution in [0.25, 0.3) is 0 Å². The van der Waals surface area contributed by atoms with Crippen molar-refractivity contribution in [2.24, 2.45) is 5.41 Å². The topological polar surface area (TPSA) is 59.0 Å². The highest BCUT2D eigenvalue weighted by Gasteiger charge is 2.41. The van der Waals surface area contributed by atoms with Crippen LogP contribution in [-0.2, 0) is 14.3 Å². The van der Waals surface area contributed by atoms with E-state index in [2.05, 4.69) is 0 Å². The van der Waals surface area contributed by atoms with E-state index in [0.717, 1.165) is 13.0 Å². The SMILES string of the molecule is COCCN(C)CC1(C(=O)O)CCCOC1. The fourth-order valence-corrected chi connectivity index (χ4v) is 2.06. The van der Waals surface area contributed by atoms with Crippen LogP contribution in [0.2, 0.25) is 0 Å². The maximum atomic E-state index is 11.3. The molecule has 1 aliphatic rings. The zero-order valence-electron chi connectivity index (χ0n) is 10.1. The molecule has 0 radical (unpaired) electrons. The first-order chi connectivity index (χ1) is 7.60. The van der Waals surface area contributed by atoms with Gasteiger partial charge in [0.15, 0.2) is 0 Å². The fraction of sp³-hybridized carbons (Fsp3) is 0.909. The summed E-state index contributed by atoms with van der Waals surface area (Å²) in [6.45, 7) is 2.88. The summed E-state index contributed by atoms with van der Waals surface area (Å²) in [6.07, 6.45) is 1.52. The van der Waals surface area contributed by atoms with E-state index in [1.54, 1.807) is 7.11 Å². The first-order valence-corrected chi connectivity index (χ1v) is 5.59. The van der Waals surface area contributed by atoms with Gasteiger partial charge in [-0.25, -0.2) is 0 Å². The zero-order chi connectivity index (χ0) is 12.0. The highest BCUT2D eigenvalue weighted by atomic mass is 16.5. The number of nitrogens with zero attached hydrogens (tertiary/aromatic N) is 1. The molecule has 16 heavy (non-hydrogen) atoms. The summed E-state index contributed by atoms with van der Waals surface area (Å²) in [5, 5.41) is 9.33. The highest BCUT2D eigenvalue weighted by Crippen LogP contribution is 2.29. The summed E-state index contributed by atoms with van der Waals surface area (Å²) in [6, 6.07) is 0. The van der Waals surface area contributed by atoms with E-state index in [4.69, 9.17) is 9.47 Å². The second-order valence-electron chi connectivity index (χ2n) is 4.47. The molecular formula is C11H21NO4. The Balaban J connectivity index is 2.53. The van der Waals surface area contributed by atoms with Crippen LogP contribution in [0.1, 0.15) is 12.8 Å². The smallest absolute Gasteiger partial charge is 0.313 e. The maximum Gasteiger partial charge on any atom is 0.313 e. The Morgan fingerprint density at radius 3 is 2.88 bits per heavy atom. The minimum atomic E-state index is -0.753. The van der Waals surface area contributed by atoms with Crippen LogP contribution in [-0.4, -0.2) is 63.0 Å². The number of carboxylic acids is 1. The third kappa shape index (κ3) is 3.43. The molecule has 0 spiro atoms. The number of rotatable bonds is 6. The molecule has 1 fully saturated rings. The Labute approximate surface area is 96.3 Å². The van der Waals surface area contributed by atoms with Gasteiger partial charge in [0.1, 0.15) is 5.41 Å². The summed E-state index contributed by atoms with van der Waals surface area (Å²) in [4.78, 5) is 13.3. The van der Waals surface area contributed by atoms with Crippen LogP contribution in [0.15, 0.2) is 0 Å². The van der Waals surface area contributed by atoms with Gasteiger partial charge in [-0.2, -0.15) is 0 Å². The first kappa shape index (κ1) is 13.4. The molecule has 0 aromatic rings. The van der Waals surface area contributed by atoms with E-state index < -0.39 is 11.4 Å². The standard InChI is InChI=1S/C11H21NO4/c1-12(5-7-15-2)8-11(10(13)14)4-3-6-16-9-11/h3-9H2,1-2H3,(H,13,14). The fourth-order valence-electron chi connectivity index (χ4n) is 2.06. The monoisotopic (exact) mass is 231 g/mol. The number of aliphatic carboxylic acids is 1. The number of carboxylic acid groups (broad SMARTS) is 1. The number of carbonyl (C=O) groups is 1. The van der Waals surface area contributed by atoms with Crippen molar-refractivity contribution in [1.82, 2.24) is 4.90 Å². The predicted molar refractivity (Wildman–Crippen MR) is 59.5 cm³/mol. The van der Waals surface area contributed by atoms with Crippen molar-refractivity contribution in [3.05, 3.63) is 0 Å². The molecule has 1 rings (SSSR count). The van der Waals surface area contributed by atoms with Crippen LogP contribution in [0.4, 0.5) is 0 Å². The molecule has 1 unspecified atom stereocenters. The summed E-state index contributed by atoms with van der Waals surface area (Å²) in [5.41, 5.74) is -0.735. The third-order valence-corrected chi connectivity index (χ3v) is 3.03. The normalized spacial score (nSPS) is 25.9. The molecular weight excluding hydrogens is 210 g/mol. The van der Waals surface area contributed by atoms with E-state index in [1.807, 2.05) is 11.9 Å². The minimum Gasteiger partial charge on any atom is -0.481 e. The summed E-state index contributed by atoms with van der Waals surface area (Å²) in [5.74, 6) is -0.753. The van der Waals surface area contributed by atoms with Gasteiger partial charge in [-0.1, -0.05) is 0 Å². The van der Waals surface area contributed by atoms with Crippen molar-refractivity contribution in [3.63, 3.8) is 0 Å². The second kappa shape index (κ2) is 6.18. The quantitative estimate of drug-likeness (QED) is 0.719. The Bertz CT molecular complexity index is 226. The Morgan fingerprint density at radius 2 is 2.38 bits per heavy atom. The molecule has 1 atom stereocenters. The van der Waals surface area contributed by atoms with Gasteiger partial charge in [0, 0.05) is 26.8 Å². The minimum absolute atomic E-state index is 0.319. The van der Waals surface area contributed by atoms with Crippen molar-refractivity contribution in [3.8, 4) is 0 Å². The molecule has 0 amide bonds. The number of hydrogen-bond acceptors (Lipinski definition) is 4. The summed E-state index contributed by atoms with van der Waals surface area (Å²) < 4.78 is 10.3. The molecule has 0 aliphatic carbocycles. The molecule has 0 aromatic heterocycles. The van der Waals surface area contributed by atoms with Crippen LogP contribution in [0, 0.1) is 5.41 Å². The van der Waals surface area contributed by atoms with Gasteiger partial charge in [-0.15, -0.1) is 0 Å². The van der Waals surface area contributed by atoms with Crippen LogP contribution in [0.5, 0.6) is 0 Å². The summed E-state index contributed by atoms with van der Waals surface area (Å²) in [7, 11) is 3.56.